The first-order chi connectivity index (χ1) is 15.3. The van der Waals surface area contributed by atoms with Gasteiger partial charge in [-0.05, 0) is 35.2 Å². The second kappa shape index (κ2) is 9.44. The normalized spacial score (nSPS) is 15.9. The molecule has 2 aromatic rings. The third-order valence-corrected chi connectivity index (χ3v) is 8.73. The summed E-state index contributed by atoms with van der Waals surface area (Å²) >= 11 is 0. The molecule has 0 N–H and O–H groups in total. The largest absolute Gasteiger partial charge is 0.338 e. The first kappa shape index (κ1) is 25.2. The van der Waals surface area contributed by atoms with Crippen LogP contribution in [0.3, 0.4) is 0 Å². The summed E-state index contributed by atoms with van der Waals surface area (Å²) in [6.45, 7) is 6.58. The van der Waals surface area contributed by atoms with E-state index in [4.69, 9.17) is 0 Å². The Kier molecular flexibility index (Phi) is 7.21. The minimum absolute atomic E-state index is 0.0793. The van der Waals surface area contributed by atoms with E-state index in [1.165, 1.54) is 9.21 Å². The van der Waals surface area contributed by atoms with Crippen LogP contribution in [-0.4, -0.2) is 70.9 Å². The molecule has 180 valence electrons. The number of sulfonamides is 2. The molecule has 8 nitrogen and oxygen atoms in total. The van der Waals surface area contributed by atoms with Gasteiger partial charge in [-0.15, -0.1) is 0 Å². The summed E-state index contributed by atoms with van der Waals surface area (Å²) in [5.74, 6) is -0.364. The lowest BCUT2D eigenvalue weighted by molar-refractivity contribution is -0.130. The molecule has 2 aromatic carbocycles. The molecule has 0 saturated carbocycles. The molecule has 1 saturated heterocycles. The van der Waals surface area contributed by atoms with E-state index in [1.807, 2.05) is 12.1 Å². The first-order valence-corrected chi connectivity index (χ1v) is 14.0. The summed E-state index contributed by atoms with van der Waals surface area (Å²) < 4.78 is 52.9. The molecule has 0 bridgehead atoms. The Morgan fingerprint density at radius 1 is 0.879 bits per heavy atom. The van der Waals surface area contributed by atoms with Gasteiger partial charge in [-0.2, -0.15) is 4.31 Å². The molecular formula is C23H31N3O5S2. The molecule has 0 aliphatic carbocycles. The number of piperazine rings is 1. The fourth-order valence-electron chi connectivity index (χ4n) is 3.67. The molecule has 0 aromatic heterocycles. The molecule has 1 fully saturated rings. The smallest absolute Gasteiger partial charge is 0.243 e. The van der Waals surface area contributed by atoms with Crippen molar-refractivity contribution in [2.45, 2.75) is 31.1 Å². The SMILES string of the molecule is CC(C)(C)c1ccc(N(CC(=O)N2CCN(S(=O)(=O)c3ccccc3)CC2)S(C)(=O)=O)cc1. The van der Waals surface area contributed by atoms with E-state index in [2.05, 4.69) is 20.8 Å². The summed E-state index contributed by atoms with van der Waals surface area (Å²) in [4.78, 5) is 14.7. The van der Waals surface area contributed by atoms with Gasteiger partial charge in [-0.1, -0.05) is 51.1 Å². The van der Waals surface area contributed by atoms with Crippen LogP contribution in [-0.2, 0) is 30.3 Å². The van der Waals surface area contributed by atoms with Crippen molar-refractivity contribution in [1.29, 1.82) is 0 Å². The predicted molar refractivity (Wildman–Crippen MR) is 129 cm³/mol. The number of rotatable bonds is 6. The van der Waals surface area contributed by atoms with Crippen LogP contribution < -0.4 is 4.31 Å². The van der Waals surface area contributed by atoms with Gasteiger partial charge in [0.25, 0.3) is 0 Å². The average Bonchev–Trinajstić information content (AvgIpc) is 2.76. The van der Waals surface area contributed by atoms with Crippen molar-refractivity contribution in [2.75, 3.05) is 43.3 Å². The lowest BCUT2D eigenvalue weighted by Gasteiger charge is -2.35. The van der Waals surface area contributed by atoms with E-state index in [0.717, 1.165) is 16.1 Å². The van der Waals surface area contributed by atoms with Crippen LogP contribution in [0.5, 0.6) is 0 Å². The van der Waals surface area contributed by atoms with Gasteiger partial charge < -0.3 is 4.90 Å². The summed E-state index contributed by atoms with van der Waals surface area (Å²) in [7, 11) is -7.32. The fourth-order valence-corrected chi connectivity index (χ4v) is 5.96. The standard InChI is InChI=1S/C23H31N3O5S2/c1-23(2,3)19-10-12-20(13-11-19)26(32(4,28)29)18-22(27)24-14-16-25(17-15-24)33(30,31)21-8-6-5-7-9-21/h5-13H,14-18H2,1-4H3. The molecule has 0 atom stereocenters. The summed E-state index contributed by atoms with van der Waals surface area (Å²) in [6.07, 6.45) is 1.07. The average molecular weight is 494 g/mol. The van der Waals surface area contributed by atoms with Gasteiger partial charge in [-0.3, -0.25) is 9.10 Å². The van der Waals surface area contributed by atoms with Crippen molar-refractivity contribution in [3.05, 3.63) is 60.2 Å². The van der Waals surface area contributed by atoms with Gasteiger partial charge in [0.1, 0.15) is 6.54 Å². The number of carbonyl (C=O) groups is 1. The number of benzene rings is 2. The lowest BCUT2D eigenvalue weighted by atomic mass is 9.87. The summed E-state index contributed by atoms with van der Waals surface area (Å²) in [5.41, 5.74) is 1.40. The maximum Gasteiger partial charge on any atom is 0.243 e. The van der Waals surface area contributed by atoms with Gasteiger partial charge in [-0.25, -0.2) is 16.8 Å². The second-order valence-electron chi connectivity index (χ2n) is 9.16. The molecule has 33 heavy (non-hydrogen) atoms. The molecule has 0 spiro atoms. The minimum Gasteiger partial charge on any atom is -0.338 e. The van der Waals surface area contributed by atoms with Crippen molar-refractivity contribution < 1.29 is 21.6 Å². The van der Waals surface area contributed by atoms with Crippen LogP contribution in [0.15, 0.2) is 59.5 Å². The highest BCUT2D eigenvalue weighted by atomic mass is 32.2. The van der Waals surface area contributed by atoms with Crippen molar-refractivity contribution >= 4 is 31.6 Å². The molecule has 1 amide bonds. The molecule has 3 rings (SSSR count). The Balaban J connectivity index is 1.69. The molecule has 1 aliphatic heterocycles. The Bertz CT molecular complexity index is 1180. The Hall–Kier alpha value is -2.43. The van der Waals surface area contributed by atoms with Crippen molar-refractivity contribution in [2.24, 2.45) is 0 Å². The first-order valence-electron chi connectivity index (χ1n) is 10.7. The zero-order valence-electron chi connectivity index (χ0n) is 19.4. The molecule has 0 radical (unpaired) electrons. The van der Waals surface area contributed by atoms with Crippen molar-refractivity contribution in [3.8, 4) is 0 Å². The monoisotopic (exact) mass is 493 g/mol. The molecule has 10 heteroatoms. The fraction of sp³-hybridized carbons (Fsp3) is 0.435. The van der Waals surface area contributed by atoms with E-state index >= 15 is 0 Å². The highest BCUT2D eigenvalue weighted by Gasteiger charge is 2.31. The summed E-state index contributed by atoms with van der Waals surface area (Å²) in [6, 6.07) is 15.3. The minimum atomic E-state index is -3.69. The van der Waals surface area contributed by atoms with Gasteiger partial charge >= 0.3 is 0 Å². The molecule has 1 aliphatic rings. The number of amides is 1. The Labute approximate surface area is 196 Å². The maximum absolute atomic E-state index is 12.9. The van der Waals surface area contributed by atoms with Crippen LogP contribution >= 0.6 is 0 Å². The molecular weight excluding hydrogens is 462 g/mol. The number of carbonyl (C=O) groups excluding carboxylic acids is 1. The van der Waals surface area contributed by atoms with Crippen LogP contribution in [0.1, 0.15) is 26.3 Å². The van der Waals surface area contributed by atoms with E-state index in [-0.39, 0.29) is 48.9 Å². The van der Waals surface area contributed by atoms with Crippen LogP contribution in [0.2, 0.25) is 0 Å². The predicted octanol–water partition coefficient (Wildman–Crippen LogP) is 2.28. The number of anilines is 1. The van der Waals surface area contributed by atoms with E-state index in [1.54, 1.807) is 42.5 Å². The number of nitrogens with zero attached hydrogens (tertiary/aromatic N) is 3. The van der Waals surface area contributed by atoms with Crippen LogP contribution in [0.4, 0.5) is 5.69 Å². The zero-order chi connectivity index (χ0) is 24.4. The molecule has 1 heterocycles. The number of hydrogen-bond donors (Lipinski definition) is 0. The summed E-state index contributed by atoms with van der Waals surface area (Å²) in [5, 5.41) is 0. The lowest BCUT2D eigenvalue weighted by Crippen LogP contribution is -2.53. The zero-order valence-corrected chi connectivity index (χ0v) is 21.1. The second-order valence-corrected chi connectivity index (χ2v) is 13.0. The van der Waals surface area contributed by atoms with Crippen LogP contribution in [0, 0.1) is 0 Å². The van der Waals surface area contributed by atoms with E-state index in [9.17, 15) is 21.6 Å². The van der Waals surface area contributed by atoms with Gasteiger partial charge in [0.05, 0.1) is 16.8 Å². The van der Waals surface area contributed by atoms with Crippen molar-refractivity contribution in [1.82, 2.24) is 9.21 Å². The van der Waals surface area contributed by atoms with Gasteiger partial charge in [0.15, 0.2) is 0 Å². The topological polar surface area (TPSA) is 95.1 Å². The highest BCUT2D eigenvalue weighted by Crippen LogP contribution is 2.26. The van der Waals surface area contributed by atoms with E-state index < -0.39 is 20.0 Å². The Morgan fingerprint density at radius 3 is 1.91 bits per heavy atom. The van der Waals surface area contributed by atoms with Crippen LogP contribution in [0.25, 0.3) is 0 Å². The third kappa shape index (κ3) is 5.93. The van der Waals surface area contributed by atoms with Gasteiger partial charge in [0, 0.05) is 26.2 Å². The van der Waals surface area contributed by atoms with E-state index in [0.29, 0.717) is 5.69 Å². The quantitative estimate of drug-likeness (QED) is 0.615. The molecule has 0 unspecified atom stereocenters. The maximum atomic E-state index is 12.9. The van der Waals surface area contributed by atoms with Gasteiger partial charge in [0.2, 0.25) is 26.0 Å². The Morgan fingerprint density at radius 2 is 1.42 bits per heavy atom. The van der Waals surface area contributed by atoms with Crippen molar-refractivity contribution in [3.63, 3.8) is 0 Å². The number of hydrogen-bond acceptors (Lipinski definition) is 5. The third-order valence-electron chi connectivity index (χ3n) is 5.67. The highest BCUT2D eigenvalue weighted by molar-refractivity contribution is 7.92.